The Kier molecular flexibility index (Phi) is 7.13. The number of imide groups is 1. The third-order valence-electron chi connectivity index (χ3n) is 5.39. The maximum absolute atomic E-state index is 12.9. The Morgan fingerprint density at radius 3 is 2.41 bits per heavy atom. The molecule has 1 fully saturated rings. The predicted molar refractivity (Wildman–Crippen MR) is 142 cm³/mol. The van der Waals surface area contributed by atoms with E-state index in [9.17, 15) is 14.4 Å². The zero-order chi connectivity index (χ0) is 24.4. The number of methoxy groups -OCH3 is 1. The van der Waals surface area contributed by atoms with Crippen LogP contribution in [0, 0.1) is 17.4 Å². The van der Waals surface area contributed by atoms with Gasteiger partial charge in [0.15, 0.2) is 0 Å². The second kappa shape index (κ2) is 10.1. The van der Waals surface area contributed by atoms with Gasteiger partial charge >= 0.3 is 0 Å². The lowest BCUT2D eigenvalue weighted by Crippen LogP contribution is -2.36. The smallest absolute Gasteiger partial charge is 0.294 e. The lowest BCUT2D eigenvalue weighted by molar-refractivity contribution is -0.127. The SMILES string of the molecule is COc1ccc(-n2c(C)cc(/C=C3\SC(=O)N(CC(=O)Nc4ccc(I)cc4)C3=O)c2C)cc1. The van der Waals surface area contributed by atoms with Crippen molar-refractivity contribution in [1.29, 1.82) is 0 Å². The third kappa shape index (κ3) is 5.05. The average Bonchev–Trinajstić information content (AvgIpc) is 3.24. The number of ether oxygens (including phenoxy) is 1. The first-order valence-corrected chi connectivity index (χ1v) is 12.3. The molecular formula is C25H22IN3O4S. The highest BCUT2D eigenvalue weighted by molar-refractivity contribution is 14.1. The first-order chi connectivity index (χ1) is 16.3. The number of nitrogens with one attached hydrogen (secondary N) is 1. The molecule has 0 spiro atoms. The van der Waals surface area contributed by atoms with E-state index in [2.05, 4.69) is 32.5 Å². The van der Waals surface area contributed by atoms with Gasteiger partial charge in [-0.1, -0.05) is 0 Å². The predicted octanol–water partition coefficient (Wildman–Crippen LogP) is 5.38. The largest absolute Gasteiger partial charge is 0.497 e. The molecule has 0 unspecified atom stereocenters. The van der Waals surface area contributed by atoms with E-state index >= 15 is 0 Å². The van der Waals surface area contributed by atoms with Gasteiger partial charge in [0.2, 0.25) is 5.91 Å². The Bertz CT molecular complexity index is 1300. The number of hydrogen-bond acceptors (Lipinski definition) is 5. The minimum Gasteiger partial charge on any atom is -0.497 e. The number of nitrogens with zero attached hydrogens (tertiary/aromatic N) is 2. The number of anilines is 1. The average molecular weight is 587 g/mol. The van der Waals surface area contributed by atoms with E-state index in [-0.39, 0.29) is 6.54 Å². The molecule has 7 nitrogen and oxygen atoms in total. The van der Waals surface area contributed by atoms with Gasteiger partial charge in [-0.3, -0.25) is 19.3 Å². The maximum atomic E-state index is 12.9. The summed E-state index contributed by atoms with van der Waals surface area (Å²) in [5.41, 5.74) is 4.34. The van der Waals surface area contributed by atoms with E-state index in [1.807, 2.05) is 56.3 Å². The summed E-state index contributed by atoms with van der Waals surface area (Å²) >= 11 is 3.02. The van der Waals surface area contributed by atoms with Crippen LogP contribution in [0.5, 0.6) is 5.75 Å². The number of amides is 3. The van der Waals surface area contributed by atoms with Crippen LogP contribution in [0.1, 0.15) is 17.0 Å². The molecule has 1 aliphatic heterocycles. The molecule has 174 valence electrons. The normalized spacial score (nSPS) is 14.7. The van der Waals surface area contributed by atoms with Crippen LogP contribution in [-0.2, 0) is 9.59 Å². The molecule has 2 aromatic carbocycles. The van der Waals surface area contributed by atoms with E-state index in [1.165, 1.54) is 0 Å². The Morgan fingerprint density at radius 2 is 1.76 bits per heavy atom. The Hall–Kier alpha value is -3.05. The molecule has 1 aromatic heterocycles. The molecule has 4 rings (SSSR count). The van der Waals surface area contributed by atoms with Gasteiger partial charge in [0, 0.05) is 26.3 Å². The number of rotatable bonds is 6. The lowest BCUT2D eigenvalue weighted by Gasteiger charge is -2.12. The molecule has 0 bridgehead atoms. The highest BCUT2D eigenvalue weighted by Crippen LogP contribution is 2.34. The minimum absolute atomic E-state index is 0.294. The summed E-state index contributed by atoms with van der Waals surface area (Å²) in [4.78, 5) is 39.1. The molecule has 0 aliphatic carbocycles. The highest BCUT2D eigenvalue weighted by atomic mass is 127. The number of aryl methyl sites for hydroxylation is 1. The second-order valence-electron chi connectivity index (χ2n) is 7.68. The number of carbonyl (C=O) groups is 3. The summed E-state index contributed by atoms with van der Waals surface area (Å²) in [6.07, 6.45) is 1.71. The summed E-state index contributed by atoms with van der Waals surface area (Å²) in [5.74, 6) is -0.129. The molecule has 2 heterocycles. The van der Waals surface area contributed by atoms with Crippen LogP contribution in [0.15, 0.2) is 59.5 Å². The molecule has 1 N–H and O–H groups in total. The third-order valence-corrected chi connectivity index (χ3v) is 7.02. The fraction of sp³-hybridized carbons (Fsp3) is 0.160. The molecule has 1 saturated heterocycles. The summed E-state index contributed by atoms with van der Waals surface area (Å²) in [6.45, 7) is 3.61. The molecule has 34 heavy (non-hydrogen) atoms. The van der Waals surface area contributed by atoms with Crippen molar-refractivity contribution < 1.29 is 19.1 Å². The molecule has 0 atom stereocenters. The Morgan fingerprint density at radius 1 is 1.09 bits per heavy atom. The number of carbonyl (C=O) groups excluding carboxylic acids is 3. The molecular weight excluding hydrogens is 565 g/mol. The van der Waals surface area contributed by atoms with E-state index in [4.69, 9.17) is 4.74 Å². The zero-order valence-corrected chi connectivity index (χ0v) is 21.8. The minimum atomic E-state index is -0.470. The molecule has 1 aliphatic rings. The van der Waals surface area contributed by atoms with Crippen molar-refractivity contribution in [3.63, 3.8) is 0 Å². The fourth-order valence-corrected chi connectivity index (χ4v) is 4.91. The lowest BCUT2D eigenvalue weighted by atomic mass is 10.2. The maximum Gasteiger partial charge on any atom is 0.294 e. The van der Waals surface area contributed by atoms with E-state index < -0.39 is 17.1 Å². The van der Waals surface area contributed by atoms with Crippen LogP contribution in [0.2, 0.25) is 0 Å². The highest BCUT2D eigenvalue weighted by Gasteiger charge is 2.36. The van der Waals surface area contributed by atoms with Crippen molar-refractivity contribution in [3.05, 3.63) is 80.0 Å². The standard InChI is InChI=1S/C25H22IN3O4S/c1-15-12-17(16(2)29(15)20-8-10-21(33-3)11-9-20)13-22-24(31)28(25(32)34-22)14-23(30)27-19-6-4-18(26)5-7-19/h4-13H,14H2,1-3H3,(H,27,30)/b22-13-. The van der Waals surface area contributed by atoms with Crippen LogP contribution in [0.3, 0.4) is 0 Å². The van der Waals surface area contributed by atoms with E-state index in [1.54, 1.807) is 25.3 Å². The van der Waals surface area contributed by atoms with Gasteiger partial charge in [-0.05, 0) is 114 Å². The van der Waals surface area contributed by atoms with Gasteiger partial charge in [0.25, 0.3) is 11.1 Å². The second-order valence-corrected chi connectivity index (χ2v) is 9.92. The number of hydrogen-bond donors (Lipinski definition) is 1. The molecule has 0 saturated carbocycles. The topological polar surface area (TPSA) is 80.6 Å². The van der Waals surface area contributed by atoms with Crippen molar-refractivity contribution in [2.75, 3.05) is 19.0 Å². The van der Waals surface area contributed by atoms with Gasteiger partial charge in [0.05, 0.1) is 12.0 Å². The molecule has 3 amide bonds. The van der Waals surface area contributed by atoms with Gasteiger partial charge in [-0.2, -0.15) is 0 Å². The number of halogens is 1. The van der Waals surface area contributed by atoms with Crippen molar-refractivity contribution >= 4 is 63.2 Å². The van der Waals surface area contributed by atoms with Crippen LogP contribution in [0.4, 0.5) is 10.5 Å². The zero-order valence-electron chi connectivity index (χ0n) is 18.8. The van der Waals surface area contributed by atoms with Crippen molar-refractivity contribution in [1.82, 2.24) is 9.47 Å². The van der Waals surface area contributed by atoms with E-state index in [0.29, 0.717) is 10.6 Å². The van der Waals surface area contributed by atoms with Crippen LogP contribution in [-0.4, -0.2) is 40.2 Å². The van der Waals surface area contributed by atoms with Crippen LogP contribution < -0.4 is 10.1 Å². The number of benzene rings is 2. The van der Waals surface area contributed by atoms with Gasteiger partial charge in [0.1, 0.15) is 12.3 Å². The summed E-state index contributed by atoms with van der Waals surface area (Å²) in [6, 6.07) is 16.9. The Labute approximate surface area is 215 Å². The van der Waals surface area contributed by atoms with Gasteiger partial charge in [-0.15, -0.1) is 0 Å². The van der Waals surface area contributed by atoms with E-state index in [0.717, 1.165) is 48.6 Å². The molecule has 9 heteroatoms. The Balaban J connectivity index is 1.51. The van der Waals surface area contributed by atoms with Gasteiger partial charge in [-0.25, -0.2) is 0 Å². The molecule has 3 aromatic rings. The fourth-order valence-electron chi connectivity index (χ4n) is 3.72. The van der Waals surface area contributed by atoms with Crippen molar-refractivity contribution in [2.45, 2.75) is 13.8 Å². The number of aromatic nitrogens is 1. The first-order valence-electron chi connectivity index (χ1n) is 10.4. The van der Waals surface area contributed by atoms with Crippen LogP contribution >= 0.6 is 34.4 Å². The molecule has 0 radical (unpaired) electrons. The number of thioether (sulfide) groups is 1. The van der Waals surface area contributed by atoms with Crippen molar-refractivity contribution in [2.24, 2.45) is 0 Å². The van der Waals surface area contributed by atoms with Crippen molar-refractivity contribution in [3.8, 4) is 11.4 Å². The quantitative estimate of drug-likeness (QED) is 0.310. The summed E-state index contributed by atoms with van der Waals surface area (Å²) in [7, 11) is 1.62. The summed E-state index contributed by atoms with van der Waals surface area (Å²) < 4.78 is 8.35. The van der Waals surface area contributed by atoms with Gasteiger partial charge < -0.3 is 14.6 Å². The summed E-state index contributed by atoms with van der Waals surface area (Å²) in [5, 5.41) is 2.26. The monoisotopic (exact) mass is 587 g/mol. The first kappa shape index (κ1) is 24.1. The van der Waals surface area contributed by atoms with Crippen LogP contribution in [0.25, 0.3) is 11.8 Å².